The van der Waals surface area contributed by atoms with Crippen LogP contribution in [0.3, 0.4) is 0 Å². The molecule has 1 amide bonds. The number of aromatic nitrogens is 1. The first kappa shape index (κ1) is 14.8. The van der Waals surface area contributed by atoms with Gasteiger partial charge in [0.1, 0.15) is 5.15 Å². The largest absolute Gasteiger partial charge is 0.352 e. The van der Waals surface area contributed by atoms with Crippen LogP contribution < -0.4 is 5.32 Å². The molecule has 0 aliphatic carbocycles. The molecule has 1 heterocycles. The van der Waals surface area contributed by atoms with Crippen LogP contribution in [0.25, 0.3) is 10.8 Å². The number of nitrogens with one attached hydrogen (secondary N) is 1. The fraction of sp³-hybridized carbons (Fsp3) is 0.333. The molecule has 0 spiro atoms. The van der Waals surface area contributed by atoms with Crippen molar-refractivity contribution in [2.45, 2.75) is 6.42 Å². The second kappa shape index (κ2) is 6.68. The number of carbonyl (C=O) groups is 1. The Morgan fingerprint density at radius 3 is 2.70 bits per heavy atom. The van der Waals surface area contributed by atoms with Gasteiger partial charge >= 0.3 is 0 Å². The molecule has 1 N–H and O–H groups in total. The van der Waals surface area contributed by atoms with Crippen molar-refractivity contribution in [1.82, 2.24) is 15.2 Å². The molecule has 0 aliphatic heterocycles. The minimum absolute atomic E-state index is 0.107. The molecular weight excluding hydrogens is 274 g/mol. The van der Waals surface area contributed by atoms with Crippen molar-refractivity contribution >= 4 is 28.3 Å². The zero-order valence-electron chi connectivity index (χ0n) is 11.7. The number of carbonyl (C=O) groups excluding carboxylic acids is 1. The first-order valence-corrected chi connectivity index (χ1v) is 6.93. The summed E-state index contributed by atoms with van der Waals surface area (Å²) in [6, 6.07) is 7.53. The van der Waals surface area contributed by atoms with Crippen LogP contribution in [0.2, 0.25) is 5.15 Å². The quantitative estimate of drug-likeness (QED) is 0.680. The van der Waals surface area contributed by atoms with Crippen molar-refractivity contribution in [2.75, 3.05) is 27.2 Å². The Hall–Kier alpha value is -1.65. The molecule has 0 aliphatic rings. The van der Waals surface area contributed by atoms with Crippen LogP contribution in [0.1, 0.15) is 16.8 Å². The van der Waals surface area contributed by atoms with Crippen LogP contribution in [-0.4, -0.2) is 43.0 Å². The lowest BCUT2D eigenvalue weighted by Crippen LogP contribution is -2.27. The predicted molar refractivity (Wildman–Crippen MR) is 82.3 cm³/mol. The van der Waals surface area contributed by atoms with Gasteiger partial charge in [-0.05, 0) is 32.4 Å². The van der Waals surface area contributed by atoms with Crippen molar-refractivity contribution < 1.29 is 4.79 Å². The average molecular weight is 292 g/mol. The number of fused-ring (bicyclic) bond motifs is 1. The van der Waals surface area contributed by atoms with Gasteiger partial charge in [0, 0.05) is 18.1 Å². The summed E-state index contributed by atoms with van der Waals surface area (Å²) in [6.45, 7) is 1.59. The number of halogens is 1. The summed E-state index contributed by atoms with van der Waals surface area (Å²) in [5, 5.41) is 4.97. The Balaban J connectivity index is 2.12. The summed E-state index contributed by atoms with van der Waals surface area (Å²) in [5.74, 6) is -0.107. The average Bonchev–Trinajstić information content (AvgIpc) is 2.44. The van der Waals surface area contributed by atoms with Crippen LogP contribution in [-0.2, 0) is 0 Å². The van der Waals surface area contributed by atoms with Gasteiger partial charge in [-0.15, -0.1) is 0 Å². The number of benzene rings is 1. The molecule has 1 aromatic carbocycles. The van der Waals surface area contributed by atoms with Gasteiger partial charge in [-0.2, -0.15) is 0 Å². The van der Waals surface area contributed by atoms with Crippen LogP contribution in [0.15, 0.2) is 30.5 Å². The minimum atomic E-state index is -0.107. The fourth-order valence-electron chi connectivity index (χ4n) is 2.03. The smallest absolute Gasteiger partial charge is 0.253 e. The van der Waals surface area contributed by atoms with Gasteiger partial charge in [-0.3, -0.25) is 4.79 Å². The van der Waals surface area contributed by atoms with Crippen LogP contribution >= 0.6 is 11.6 Å². The highest BCUT2D eigenvalue weighted by Gasteiger charge is 2.12. The molecule has 0 bridgehead atoms. The van der Waals surface area contributed by atoms with Gasteiger partial charge in [-0.1, -0.05) is 35.9 Å². The Morgan fingerprint density at radius 2 is 2.00 bits per heavy atom. The van der Waals surface area contributed by atoms with E-state index in [-0.39, 0.29) is 5.91 Å². The van der Waals surface area contributed by atoms with Crippen molar-refractivity contribution in [3.8, 4) is 0 Å². The first-order chi connectivity index (χ1) is 9.59. The molecule has 0 saturated carbocycles. The molecule has 0 saturated heterocycles. The Morgan fingerprint density at radius 1 is 1.30 bits per heavy atom. The summed E-state index contributed by atoms with van der Waals surface area (Å²) >= 11 is 6.05. The maximum absolute atomic E-state index is 12.2. The van der Waals surface area contributed by atoms with Crippen molar-refractivity contribution in [3.05, 3.63) is 41.2 Å². The van der Waals surface area contributed by atoms with Crippen LogP contribution in [0, 0.1) is 0 Å². The Labute approximate surface area is 123 Å². The molecule has 0 atom stereocenters. The number of amides is 1. The molecule has 2 rings (SSSR count). The van der Waals surface area contributed by atoms with Crippen molar-refractivity contribution in [3.63, 3.8) is 0 Å². The van der Waals surface area contributed by atoms with Gasteiger partial charge in [0.15, 0.2) is 0 Å². The topological polar surface area (TPSA) is 45.2 Å². The normalized spacial score (nSPS) is 11.0. The second-order valence-electron chi connectivity index (χ2n) is 4.92. The lowest BCUT2D eigenvalue weighted by Gasteiger charge is -2.11. The highest BCUT2D eigenvalue weighted by atomic mass is 35.5. The number of rotatable bonds is 5. The van der Waals surface area contributed by atoms with E-state index in [9.17, 15) is 4.79 Å². The molecule has 1 aromatic heterocycles. The molecule has 106 valence electrons. The van der Waals surface area contributed by atoms with Gasteiger partial charge < -0.3 is 10.2 Å². The Bertz CT molecular complexity index is 613. The van der Waals surface area contributed by atoms with E-state index >= 15 is 0 Å². The minimum Gasteiger partial charge on any atom is -0.352 e. The third-order valence-electron chi connectivity index (χ3n) is 3.06. The van der Waals surface area contributed by atoms with Crippen LogP contribution in [0.4, 0.5) is 0 Å². The highest BCUT2D eigenvalue weighted by Crippen LogP contribution is 2.23. The van der Waals surface area contributed by atoms with E-state index in [4.69, 9.17) is 11.6 Å². The highest BCUT2D eigenvalue weighted by molar-refractivity contribution is 6.34. The van der Waals surface area contributed by atoms with Crippen molar-refractivity contribution in [1.29, 1.82) is 0 Å². The van der Waals surface area contributed by atoms with E-state index in [0.717, 1.165) is 23.7 Å². The van der Waals surface area contributed by atoms with Gasteiger partial charge in [0.05, 0.1) is 5.56 Å². The maximum atomic E-state index is 12.2. The molecular formula is C15H18ClN3O. The fourth-order valence-corrected chi connectivity index (χ4v) is 2.25. The van der Waals surface area contributed by atoms with E-state index in [1.807, 2.05) is 38.4 Å². The zero-order valence-corrected chi connectivity index (χ0v) is 12.4. The second-order valence-corrected chi connectivity index (χ2v) is 5.28. The van der Waals surface area contributed by atoms with Gasteiger partial charge in [0.2, 0.25) is 0 Å². The number of hydrogen-bond donors (Lipinski definition) is 1. The molecule has 0 radical (unpaired) electrons. The summed E-state index contributed by atoms with van der Waals surface area (Å²) < 4.78 is 0. The van der Waals surface area contributed by atoms with E-state index in [1.165, 1.54) is 6.20 Å². The van der Waals surface area contributed by atoms with E-state index < -0.39 is 0 Å². The van der Waals surface area contributed by atoms with E-state index in [1.54, 1.807) is 0 Å². The molecule has 5 heteroatoms. The molecule has 0 fully saturated rings. The van der Waals surface area contributed by atoms with E-state index in [0.29, 0.717) is 17.3 Å². The lowest BCUT2D eigenvalue weighted by molar-refractivity contribution is 0.0953. The monoisotopic (exact) mass is 291 g/mol. The Kier molecular flexibility index (Phi) is 4.93. The lowest BCUT2D eigenvalue weighted by atomic mass is 10.1. The van der Waals surface area contributed by atoms with Gasteiger partial charge in [0.25, 0.3) is 5.91 Å². The summed E-state index contributed by atoms with van der Waals surface area (Å²) in [6.07, 6.45) is 2.45. The number of pyridine rings is 1. The molecule has 0 unspecified atom stereocenters. The molecule has 4 nitrogen and oxygen atoms in total. The van der Waals surface area contributed by atoms with Crippen LogP contribution in [0.5, 0.6) is 0 Å². The third kappa shape index (κ3) is 3.46. The number of hydrogen-bond acceptors (Lipinski definition) is 3. The first-order valence-electron chi connectivity index (χ1n) is 6.56. The number of nitrogens with zero attached hydrogens (tertiary/aromatic N) is 2. The summed E-state index contributed by atoms with van der Waals surface area (Å²) in [5.41, 5.74) is 0.565. The maximum Gasteiger partial charge on any atom is 0.253 e. The van der Waals surface area contributed by atoms with Crippen molar-refractivity contribution in [2.24, 2.45) is 0 Å². The third-order valence-corrected chi connectivity index (χ3v) is 3.36. The molecule has 2 aromatic rings. The summed E-state index contributed by atoms with van der Waals surface area (Å²) in [4.78, 5) is 18.4. The van der Waals surface area contributed by atoms with Gasteiger partial charge in [-0.25, -0.2) is 4.98 Å². The summed E-state index contributed by atoms with van der Waals surface area (Å²) in [7, 11) is 4.02. The standard InChI is InChI=1S/C15H18ClN3O/c1-19(2)9-5-8-17-15(20)13-10-18-14(16)12-7-4-3-6-11(12)13/h3-4,6-7,10H,5,8-9H2,1-2H3,(H,17,20). The van der Waals surface area contributed by atoms with E-state index in [2.05, 4.69) is 15.2 Å². The zero-order chi connectivity index (χ0) is 14.5. The SMILES string of the molecule is CN(C)CCCNC(=O)c1cnc(Cl)c2ccccc12. The molecule has 20 heavy (non-hydrogen) atoms. The predicted octanol–water partition coefficient (Wildman–Crippen LogP) is 2.57.